The van der Waals surface area contributed by atoms with Crippen molar-refractivity contribution >= 4 is 55.2 Å². The van der Waals surface area contributed by atoms with Crippen LogP contribution < -0.4 is 20.7 Å². The van der Waals surface area contributed by atoms with Crippen LogP contribution >= 0.6 is 11.8 Å². The molecular formula is C23H26N8O3S2. The predicted molar refractivity (Wildman–Crippen MR) is 139 cm³/mol. The Hall–Kier alpha value is -2.97. The van der Waals surface area contributed by atoms with Gasteiger partial charge in [0.2, 0.25) is 10.0 Å². The van der Waals surface area contributed by atoms with Gasteiger partial charge in [-0.05, 0) is 35.7 Å². The first-order chi connectivity index (χ1) is 17.4. The molecule has 0 spiro atoms. The van der Waals surface area contributed by atoms with Gasteiger partial charge in [-0.1, -0.05) is 12.1 Å². The molecule has 1 aliphatic carbocycles. The van der Waals surface area contributed by atoms with Gasteiger partial charge in [0.25, 0.3) is 0 Å². The van der Waals surface area contributed by atoms with E-state index in [4.69, 9.17) is 20.8 Å². The smallest absolute Gasteiger partial charge is 0.242 e. The summed E-state index contributed by atoms with van der Waals surface area (Å²) in [7, 11) is -1.90. The summed E-state index contributed by atoms with van der Waals surface area (Å²) in [5.41, 5.74) is 8.83. The quantitative estimate of drug-likeness (QED) is 0.212. The first-order valence-corrected chi connectivity index (χ1v) is 13.9. The van der Waals surface area contributed by atoms with Crippen molar-refractivity contribution in [3.63, 3.8) is 0 Å². The highest BCUT2D eigenvalue weighted by atomic mass is 32.2. The topological polar surface area (TPSA) is 162 Å². The molecule has 0 amide bonds. The lowest BCUT2D eigenvalue weighted by atomic mass is 10.1. The molecule has 4 aromatic rings. The lowest BCUT2D eigenvalue weighted by Crippen LogP contribution is -2.29. The number of nitrogens with one attached hydrogen (secondary N) is 3. The molecule has 2 atom stereocenters. The highest BCUT2D eigenvalue weighted by Crippen LogP contribution is 2.47. The van der Waals surface area contributed by atoms with E-state index in [1.807, 2.05) is 19.2 Å². The number of H-pyrrole nitrogens is 1. The number of para-hydroxylation sites is 1. The zero-order valence-corrected chi connectivity index (χ0v) is 21.1. The van der Waals surface area contributed by atoms with Crippen LogP contribution in [0.5, 0.6) is 0 Å². The van der Waals surface area contributed by atoms with Crippen LogP contribution in [-0.4, -0.2) is 72.8 Å². The maximum absolute atomic E-state index is 12.5. The summed E-state index contributed by atoms with van der Waals surface area (Å²) < 4.78 is 27.3. The second-order valence-electron chi connectivity index (χ2n) is 9.05. The third-order valence-corrected chi connectivity index (χ3v) is 9.14. The molecule has 2 fully saturated rings. The minimum Gasteiger partial charge on any atom is -0.395 e. The molecule has 6 N–H and O–H groups in total. The molecule has 36 heavy (non-hydrogen) atoms. The third kappa shape index (κ3) is 3.96. The van der Waals surface area contributed by atoms with Crippen LogP contribution in [0.4, 0.5) is 11.5 Å². The van der Waals surface area contributed by atoms with Gasteiger partial charge in [-0.3, -0.25) is 4.98 Å². The van der Waals surface area contributed by atoms with Gasteiger partial charge in [0, 0.05) is 55.4 Å². The molecule has 1 aliphatic heterocycles. The highest BCUT2D eigenvalue weighted by Gasteiger charge is 2.54. The van der Waals surface area contributed by atoms with E-state index in [9.17, 15) is 8.42 Å². The van der Waals surface area contributed by atoms with E-state index < -0.39 is 10.0 Å². The van der Waals surface area contributed by atoms with Gasteiger partial charge in [0.05, 0.1) is 23.2 Å². The second kappa shape index (κ2) is 8.85. The number of anilines is 2. The molecule has 4 heterocycles. The summed E-state index contributed by atoms with van der Waals surface area (Å²) in [4.78, 5) is 20.2. The van der Waals surface area contributed by atoms with Gasteiger partial charge < -0.3 is 26.0 Å². The Morgan fingerprint density at radius 2 is 2.06 bits per heavy atom. The molecule has 13 heteroatoms. The number of nitrogens with two attached hydrogens (primary N) is 1. The Morgan fingerprint density at radius 3 is 2.81 bits per heavy atom. The van der Waals surface area contributed by atoms with Crippen molar-refractivity contribution in [1.82, 2.24) is 24.7 Å². The second-order valence-corrected chi connectivity index (χ2v) is 11.9. The van der Waals surface area contributed by atoms with Crippen molar-refractivity contribution in [2.45, 2.75) is 21.0 Å². The number of benzene rings is 1. The van der Waals surface area contributed by atoms with Crippen molar-refractivity contribution in [3.05, 3.63) is 36.7 Å². The summed E-state index contributed by atoms with van der Waals surface area (Å²) >= 11 is 1.25. The molecular weight excluding hydrogens is 500 g/mol. The minimum absolute atomic E-state index is 0.0140. The number of aromatic amines is 1. The summed E-state index contributed by atoms with van der Waals surface area (Å²) in [5.74, 6) is 1.83. The number of piperidine rings is 1. The lowest BCUT2D eigenvalue weighted by Gasteiger charge is -2.21. The largest absolute Gasteiger partial charge is 0.395 e. The monoisotopic (exact) mass is 526 g/mol. The third-order valence-electron chi connectivity index (χ3n) is 6.89. The Kier molecular flexibility index (Phi) is 5.76. The fourth-order valence-corrected chi connectivity index (χ4v) is 6.84. The molecule has 1 aromatic carbocycles. The number of fused-ring (bicyclic) bond motifs is 4. The first-order valence-electron chi connectivity index (χ1n) is 11.6. The van der Waals surface area contributed by atoms with Crippen LogP contribution in [0, 0.1) is 11.8 Å². The van der Waals surface area contributed by atoms with Crippen LogP contribution in [0.15, 0.2) is 51.6 Å². The molecule has 2 unspecified atom stereocenters. The SMILES string of the molecule is CNc1cccc2c1[nH]c1nc(Sc3cncc(S(=O)(=O)NCCO)c3)nc(N3CC4C(N)C4C3)c12. The number of rotatable bonds is 8. The number of sulfonamides is 1. The Bertz CT molecular complexity index is 1560. The van der Waals surface area contributed by atoms with Crippen LogP contribution in [-0.2, 0) is 10.0 Å². The maximum atomic E-state index is 12.5. The van der Waals surface area contributed by atoms with Gasteiger partial charge >= 0.3 is 0 Å². The summed E-state index contributed by atoms with van der Waals surface area (Å²) in [6.07, 6.45) is 2.85. The molecule has 3 aromatic heterocycles. The normalized spacial score (nSPS) is 21.3. The van der Waals surface area contributed by atoms with E-state index in [2.05, 4.69) is 31.0 Å². The fourth-order valence-electron chi connectivity index (χ4n) is 4.98. The number of hydrogen-bond acceptors (Lipinski definition) is 10. The van der Waals surface area contributed by atoms with Crippen molar-refractivity contribution in [3.8, 4) is 0 Å². The standard InChI is InChI=1S/C23H26N8O3S2/c1-25-17-4-2-3-14-18-21(28-20(14)17)29-23(30-22(18)31-10-15-16(11-31)19(15)24)35-12-7-13(9-26-8-12)36(33,34)27-5-6-32/h2-4,7-9,15-16,19,25,27,32H,5-6,10-11,24H2,1H3,(H,28,29,30). The Morgan fingerprint density at radius 1 is 1.25 bits per heavy atom. The number of nitrogens with zero attached hydrogens (tertiary/aromatic N) is 4. The van der Waals surface area contributed by atoms with Gasteiger partial charge in [-0.2, -0.15) is 0 Å². The van der Waals surface area contributed by atoms with Crippen LogP contribution in [0.2, 0.25) is 0 Å². The van der Waals surface area contributed by atoms with Crippen molar-refractivity contribution in [2.75, 3.05) is 43.5 Å². The fraction of sp³-hybridized carbons (Fsp3) is 0.348. The van der Waals surface area contributed by atoms with E-state index in [1.54, 1.807) is 6.20 Å². The van der Waals surface area contributed by atoms with Gasteiger partial charge in [-0.15, -0.1) is 0 Å². The van der Waals surface area contributed by atoms with Crippen molar-refractivity contribution in [2.24, 2.45) is 17.6 Å². The van der Waals surface area contributed by atoms with Crippen LogP contribution in [0.3, 0.4) is 0 Å². The predicted octanol–water partition coefficient (Wildman–Crippen LogP) is 1.36. The van der Waals surface area contributed by atoms with Gasteiger partial charge in [0.1, 0.15) is 16.4 Å². The van der Waals surface area contributed by atoms with E-state index in [0.29, 0.717) is 27.5 Å². The summed E-state index contributed by atoms with van der Waals surface area (Å²) in [6, 6.07) is 7.87. The van der Waals surface area contributed by atoms with Crippen molar-refractivity contribution in [1.29, 1.82) is 0 Å². The molecule has 6 rings (SSSR count). The molecule has 11 nitrogen and oxygen atoms in total. The van der Waals surface area contributed by atoms with Crippen LogP contribution in [0.25, 0.3) is 21.9 Å². The average molecular weight is 527 g/mol. The molecule has 1 saturated heterocycles. The first kappa shape index (κ1) is 23.4. The number of aliphatic hydroxyl groups excluding tert-OH is 1. The number of pyridine rings is 1. The molecule has 0 radical (unpaired) electrons. The van der Waals surface area contributed by atoms with Crippen LogP contribution in [0.1, 0.15) is 0 Å². The number of aliphatic hydroxyl groups is 1. The van der Waals surface area contributed by atoms with Gasteiger partial charge in [0.15, 0.2) is 5.16 Å². The number of hydrogen-bond donors (Lipinski definition) is 5. The molecule has 188 valence electrons. The van der Waals surface area contributed by atoms with E-state index >= 15 is 0 Å². The highest BCUT2D eigenvalue weighted by molar-refractivity contribution is 7.99. The molecule has 0 bridgehead atoms. The van der Waals surface area contributed by atoms with E-state index in [-0.39, 0.29) is 24.1 Å². The molecule has 2 aliphatic rings. The van der Waals surface area contributed by atoms with E-state index in [1.165, 1.54) is 24.0 Å². The Labute approximate surface area is 212 Å². The molecule has 1 saturated carbocycles. The van der Waals surface area contributed by atoms with Crippen molar-refractivity contribution < 1.29 is 13.5 Å². The number of aromatic nitrogens is 4. The zero-order chi connectivity index (χ0) is 25.0. The van der Waals surface area contributed by atoms with Gasteiger partial charge in [-0.25, -0.2) is 23.1 Å². The van der Waals surface area contributed by atoms with E-state index in [0.717, 1.165) is 40.9 Å². The summed E-state index contributed by atoms with van der Waals surface area (Å²) in [5, 5.41) is 14.7. The average Bonchev–Trinajstić information content (AvgIpc) is 3.22. The maximum Gasteiger partial charge on any atom is 0.242 e. The minimum atomic E-state index is -3.78. The lowest BCUT2D eigenvalue weighted by molar-refractivity contribution is 0.301. The zero-order valence-electron chi connectivity index (χ0n) is 19.5. The summed E-state index contributed by atoms with van der Waals surface area (Å²) in [6.45, 7) is 1.35. The Balaban J connectivity index is 1.42.